The first-order chi connectivity index (χ1) is 14.9. The van der Waals surface area contributed by atoms with E-state index in [1.807, 2.05) is 0 Å². The first kappa shape index (κ1) is 28.1. The molecule has 13 heteroatoms. The van der Waals surface area contributed by atoms with E-state index < -0.39 is 51.4 Å². The van der Waals surface area contributed by atoms with Crippen LogP contribution in [0.25, 0.3) is 0 Å². The van der Waals surface area contributed by atoms with Crippen molar-refractivity contribution in [1.82, 2.24) is 10.6 Å². The predicted octanol–water partition coefficient (Wildman–Crippen LogP) is 1.18. The Morgan fingerprint density at radius 1 is 1.16 bits per heavy atom. The normalized spacial score (nSPS) is 14.3. The molecule has 0 heterocycles. The van der Waals surface area contributed by atoms with Crippen molar-refractivity contribution in [2.45, 2.75) is 47.7 Å². The molecule has 0 aliphatic heterocycles. The first-order valence-electron chi connectivity index (χ1n) is 9.54. The van der Waals surface area contributed by atoms with Gasteiger partial charge >= 0.3 is 5.97 Å². The van der Waals surface area contributed by atoms with Crippen molar-refractivity contribution in [2.75, 3.05) is 19.5 Å². The topological polar surface area (TPSA) is 145 Å². The summed E-state index contributed by atoms with van der Waals surface area (Å²) in [4.78, 5) is 34.1. The molecular formula is C19H26Cl2FN3O6S. The molecule has 3 atom stereocenters. The highest BCUT2D eigenvalue weighted by Gasteiger charge is 2.30. The van der Waals surface area contributed by atoms with Crippen molar-refractivity contribution < 1.29 is 31.9 Å². The van der Waals surface area contributed by atoms with Gasteiger partial charge in [-0.05, 0) is 31.0 Å². The number of carbonyl (C=O) groups is 3. The fourth-order valence-corrected chi connectivity index (χ4v) is 3.29. The van der Waals surface area contributed by atoms with Gasteiger partial charge in [-0.15, -0.1) is 0 Å². The molecule has 1 aromatic rings. The molecule has 0 unspecified atom stereocenters. The van der Waals surface area contributed by atoms with Crippen LogP contribution in [-0.2, 0) is 29.0 Å². The number of benzene rings is 1. The van der Waals surface area contributed by atoms with E-state index in [0.717, 1.165) is 6.26 Å². The van der Waals surface area contributed by atoms with E-state index in [9.17, 15) is 27.2 Å². The smallest absolute Gasteiger partial charge is 0.306 e. The monoisotopic (exact) mass is 513 g/mol. The molecule has 1 rings (SSSR count). The lowest BCUT2D eigenvalue weighted by Gasteiger charge is -2.27. The van der Waals surface area contributed by atoms with Crippen LogP contribution in [0.5, 0.6) is 0 Å². The first-order valence-corrected chi connectivity index (χ1v) is 12.3. The van der Waals surface area contributed by atoms with Crippen molar-refractivity contribution >= 4 is 50.8 Å². The summed E-state index contributed by atoms with van der Waals surface area (Å²) in [6.45, 7) is 0.565. The summed E-state index contributed by atoms with van der Waals surface area (Å²) >= 11 is 11.0. The number of nitrogens with two attached hydrogens (primary N) is 1. The molecule has 4 N–H and O–H groups in total. The molecule has 9 nitrogen and oxygen atoms in total. The van der Waals surface area contributed by atoms with E-state index in [2.05, 4.69) is 10.6 Å². The number of esters is 1. The third-order valence-electron chi connectivity index (χ3n) is 4.22. The molecule has 0 aliphatic carbocycles. The second-order valence-electron chi connectivity index (χ2n) is 7.00. The standard InChI is InChI=1S/C19H26Cl2FN3O6S/c1-11(23)18(27)24-9-3-4-15(26)31-16(14(10-22)25-19(28)17(20)21)12-5-7-13(8-6-12)32(2,29)30/h5-8,11,14,16-17H,3-4,9-10,23H2,1-2H3,(H,24,27)(H,25,28)/t11-,14+,16+/m0/s1. The number of amides is 2. The SMILES string of the molecule is C[C@H](N)C(=O)NCCCC(=O)O[C@H](c1ccc(S(C)(=O)=O)cc1)[C@@H](CF)NC(=O)C(Cl)Cl. The third-order valence-corrected chi connectivity index (χ3v) is 5.75. The van der Waals surface area contributed by atoms with Gasteiger partial charge in [-0.25, -0.2) is 12.8 Å². The average molecular weight is 514 g/mol. The van der Waals surface area contributed by atoms with E-state index in [1.165, 1.54) is 31.2 Å². The Bertz CT molecular complexity index is 897. The second-order valence-corrected chi connectivity index (χ2v) is 10.1. The highest BCUT2D eigenvalue weighted by molar-refractivity contribution is 7.90. The molecule has 1 aromatic carbocycles. The van der Waals surface area contributed by atoms with Crippen LogP contribution in [0.15, 0.2) is 29.2 Å². The number of carbonyl (C=O) groups excluding carboxylic acids is 3. The maximum atomic E-state index is 13.8. The Kier molecular flexibility index (Phi) is 11.3. The largest absolute Gasteiger partial charge is 0.455 e. The molecule has 0 spiro atoms. The van der Waals surface area contributed by atoms with E-state index >= 15 is 0 Å². The van der Waals surface area contributed by atoms with Crippen molar-refractivity contribution in [3.05, 3.63) is 29.8 Å². The molecule has 180 valence electrons. The number of alkyl halides is 3. The summed E-state index contributed by atoms with van der Waals surface area (Å²) in [6.07, 6.45) is -0.141. The van der Waals surface area contributed by atoms with Gasteiger partial charge in [0, 0.05) is 19.2 Å². The molecule has 0 fully saturated rings. The highest BCUT2D eigenvalue weighted by atomic mass is 35.5. The van der Waals surface area contributed by atoms with E-state index in [4.69, 9.17) is 33.7 Å². The van der Waals surface area contributed by atoms with Crippen LogP contribution < -0.4 is 16.4 Å². The summed E-state index contributed by atoms with van der Waals surface area (Å²) < 4.78 is 42.5. The Balaban J connectivity index is 2.98. The van der Waals surface area contributed by atoms with Gasteiger partial charge < -0.3 is 21.1 Å². The molecule has 0 bridgehead atoms. The number of hydrogen-bond donors (Lipinski definition) is 3. The van der Waals surface area contributed by atoms with Crippen molar-refractivity contribution in [3.63, 3.8) is 0 Å². The quantitative estimate of drug-likeness (QED) is 0.216. The van der Waals surface area contributed by atoms with Crippen molar-refractivity contribution in [2.24, 2.45) is 5.73 Å². The van der Waals surface area contributed by atoms with Crippen LogP contribution in [-0.4, -0.2) is 62.6 Å². The van der Waals surface area contributed by atoms with E-state index in [1.54, 1.807) is 0 Å². The van der Waals surface area contributed by atoms with Crippen LogP contribution in [0, 0.1) is 0 Å². The van der Waals surface area contributed by atoms with E-state index in [-0.39, 0.29) is 35.8 Å². The minimum absolute atomic E-state index is 0.0126. The molecule has 0 radical (unpaired) electrons. The Hall–Kier alpha value is -1.95. The van der Waals surface area contributed by atoms with Gasteiger partial charge in [0.2, 0.25) is 5.91 Å². The Morgan fingerprint density at radius 3 is 2.22 bits per heavy atom. The molecule has 32 heavy (non-hydrogen) atoms. The third kappa shape index (κ3) is 9.27. The average Bonchev–Trinajstić information content (AvgIpc) is 2.72. The number of hydrogen-bond acceptors (Lipinski definition) is 7. The fraction of sp³-hybridized carbons (Fsp3) is 0.526. The molecule has 0 aliphatic rings. The van der Waals surface area contributed by atoms with Crippen LogP contribution in [0.3, 0.4) is 0 Å². The van der Waals surface area contributed by atoms with Gasteiger partial charge in [0.05, 0.1) is 17.0 Å². The lowest BCUT2D eigenvalue weighted by molar-refractivity contribution is -0.152. The van der Waals surface area contributed by atoms with Gasteiger partial charge in [0.25, 0.3) is 5.91 Å². The lowest BCUT2D eigenvalue weighted by Crippen LogP contribution is -2.44. The summed E-state index contributed by atoms with van der Waals surface area (Å²) in [7, 11) is -3.48. The highest BCUT2D eigenvalue weighted by Crippen LogP contribution is 2.25. The minimum Gasteiger partial charge on any atom is -0.455 e. The predicted molar refractivity (Wildman–Crippen MR) is 118 cm³/mol. The maximum Gasteiger partial charge on any atom is 0.306 e. The summed E-state index contributed by atoms with van der Waals surface area (Å²) in [5, 5.41) is 4.81. The van der Waals surface area contributed by atoms with Crippen LogP contribution in [0.4, 0.5) is 4.39 Å². The zero-order chi connectivity index (χ0) is 24.5. The fourth-order valence-electron chi connectivity index (χ4n) is 2.53. The molecule has 0 aromatic heterocycles. The molecule has 2 amide bonds. The van der Waals surface area contributed by atoms with Gasteiger partial charge in [0.15, 0.2) is 14.7 Å². The van der Waals surface area contributed by atoms with Crippen LogP contribution >= 0.6 is 23.2 Å². The molecule has 0 saturated heterocycles. The Morgan fingerprint density at radius 2 is 1.75 bits per heavy atom. The number of sulfone groups is 1. The van der Waals surface area contributed by atoms with Crippen LogP contribution in [0.2, 0.25) is 0 Å². The second kappa shape index (κ2) is 12.9. The van der Waals surface area contributed by atoms with E-state index in [0.29, 0.717) is 0 Å². The summed E-state index contributed by atoms with van der Waals surface area (Å²) in [5.74, 6) is -1.99. The van der Waals surface area contributed by atoms with Crippen LogP contribution in [0.1, 0.15) is 31.4 Å². The van der Waals surface area contributed by atoms with Gasteiger partial charge in [-0.2, -0.15) is 0 Å². The van der Waals surface area contributed by atoms with Gasteiger partial charge in [-0.3, -0.25) is 14.4 Å². The lowest BCUT2D eigenvalue weighted by atomic mass is 10.0. The number of halogens is 3. The van der Waals surface area contributed by atoms with Crippen molar-refractivity contribution in [3.8, 4) is 0 Å². The number of rotatable bonds is 12. The van der Waals surface area contributed by atoms with Gasteiger partial charge in [-0.1, -0.05) is 35.3 Å². The molecular weight excluding hydrogens is 488 g/mol. The summed E-state index contributed by atoms with van der Waals surface area (Å²) in [5.41, 5.74) is 5.67. The number of ether oxygens (including phenoxy) is 1. The zero-order valence-electron chi connectivity index (χ0n) is 17.5. The molecule has 0 saturated carbocycles. The van der Waals surface area contributed by atoms with Gasteiger partial charge in [0.1, 0.15) is 12.8 Å². The summed E-state index contributed by atoms with van der Waals surface area (Å²) in [6, 6.07) is 3.24. The zero-order valence-corrected chi connectivity index (χ0v) is 19.8. The van der Waals surface area contributed by atoms with Crippen molar-refractivity contribution in [1.29, 1.82) is 0 Å². The number of nitrogens with one attached hydrogen (secondary N) is 2. The maximum absolute atomic E-state index is 13.8. The minimum atomic E-state index is -3.48. The Labute approximate surface area is 196 Å².